The van der Waals surface area contributed by atoms with Crippen LogP contribution in [0, 0.1) is 13.8 Å². The molecule has 2 aromatic carbocycles. The summed E-state index contributed by atoms with van der Waals surface area (Å²) in [5.74, 6) is 2.09. The second-order valence-electron chi connectivity index (χ2n) is 6.40. The number of hydrogen-bond donors (Lipinski definition) is 1. The van der Waals surface area contributed by atoms with Crippen LogP contribution < -0.4 is 19.5 Å². The Morgan fingerprint density at radius 1 is 1.03 bits per heavy atom. The van der Waals surface area contributed by atoms with Gasteiger partial charge in [-0.2, -0.15) is 0 Å². The first-order valence-electron chi connectivity index (χ1n) is 9.15. The second-order valence-corrected chi connectivity index (χ2v) is 7.33. The van der Waals surface area contributed by atoms with Crippen molar-refractivity contribution in [1.82, 2.24) is 10.2 Å². The van der Waals surface area contributed by atoms with Crippen molar-refractivity contribution in [3.8, 4) is 17.2 Å². The van der Waals surface area contributed by atoms with Crippen LogP contribution in [-0.2, 0) is 11.4 Å². The van der Waals surface area contributed by atoms with Gasteiger partial charge in [-0.15, -0.1) is 10.2 Å². The van der Waals surface area contributed by atoms with E-state index in [0.717, 1.165) is 23.1 Å². The van der Waals surface area contributed by atoms with Crippen LogP contribution in [0.5, 0.6) is 17.2 Å². The van der Waals surface area contributed by atoms with Crippen LogP contribution in [0.2, 0.25) is 0 Å². The van der Waals surface area contributed by atoms with Gasteiger partial charge in [0.25, 0.3) is 11.1 Å². The number of ether oxygens (including phenoxy) is 3. The van der Waals surface area contributed by atoms with Gasteiger partial charge in [-0.25, -0.2) is 0 Å². The van der Waals surface area contributed by atoms with Crippen molar-refractivity contribution in [3.05, 3.63) is 53.4 Å². The number of hydrogen-bond acceptors (Lipinski definition) is 8. The second kappa shape index (κ2) is 10.0. The number of methoxy groups -OCH3 is 2. The molecule has 0 fully saturated rings. The largest absolute Gasteiger partial charge is 0.497 e. The molecule has 1 amide bonds. The smallest absolute Gasteiger partial charge is 0.277 e. The zero-order valence-electron chi connectivity index (χ0n) is 17.2. The lowest BCUT2D eigenvalue weighted by Crippen LogP contribution is -2.14. The Hall–Kier alpha value is -3.20. The van der Waals surface area contributed by atoms with E-state index in [1.54, 1.807) is 25.3 Å². The van der Waals surface area contributed by atoms with Crippen LogP contribution in [0.4, 0.5) is 5.69 Å². The molecule has 30 heavy (non-hydrogen) atoms. The van der Waals surface area contributed by atoms with Gasteiger partial charge in [0.1, 0.15) is 17.2 Å². The highest BCUT2D eigenvalue weighted by atomic mass is 32.2. The summed E-state index contributed by atoms with van der Waals surface area (Å²) in [5, 5.41) is 11.0. The molecule has 0 aliphatic carbocycles. The topological polar surface area (TPSA) is 95.7 Å². The third-order valence-electron chi connectivity index (χ3n) is 4.30. The fraction of sp³-hybridized carbons (Fsp3) is 0.286. The minimum Gasteiger partial charge on any atom is -0.497 e. The molecule has 8 nitrogen and oxygen atoms in total. The van der Waals surface area contributed by atoms with E-state index in [1.807, 2.05) is 32.0 Å². The number of aryl methyl sites for hydroxylation is 2. The Morgan fingerprint density at radius 2 is 1.83 bits per heavy atom. The Morgan fingerprint density at radius 3 is 2.57 bits per heavy atom. The van der Waals surface area contributed by atoms with Gasteiger partial charge in [0.15, 0.2) is 6.61 Å². The summed E-state index contributed by atoms with van der Waals surface area (Å²) >= 11 is 1.14. The summed E-state index contributed by atoms with van der Waals surface area (Å²) in [5.41, 5.74) is 2.87. The molecule has 3 aromatic rings. The SMILES string of the molecule is COc1ccc(OC)c(NC(=O)CSc2nnc(COc3ccc(C)c(C)c3)o2)c1. The first kappa shape index (κ1) is 21.5. The first-order valence-corrected chi connectivity index (χ1v) is 10.1. The summed E-state index contributed by atoms with van der Waals surface area (Å²) in [7, 11) is 3.09. The van der Waals surface area contributed by atoms with Crippen LogP contribution in [0.1, 0.15) is 17.0 Å². The highest BCUT2D eigenvalue weighted by Gasteiger charge is 2.13. The van der Waals surface area contributed by atoms with Crippen LogP contribution in [0.15, 0.2) is 46.0 Å². The minimum atomic E-state index is -0.238. The molecule has 0 saturated heterocycles. The molecule has 1 aromatic heterocycles. The van der Waals surface area contributed by atoms with E-state index in [9.17, 15) is 4.79 Å². The van der Waals surface area contributed by atoms with Crippen molar-refractivity contribution < 1.29 is 23.4 Å². The lowest BCUT2D eigenvalue weighted by molar-refractivity contribution is -0.113. The Labute approximate surface area is 178 Å². The van der Waals surface area contributed by atoms with E-state index >= 15 is 0 Å². The molecule has 3 rings (SSSR count). The predicted molar refractivity (Wildman–Crippen MR) is 113 cm³/mol. The van der Waals surface area contributed by atoms with Gasteiger partial charge in [0.2, 0.25) is 5.91 Å². The molecule has 0 aliphatic heterocycles. The molecule has 0 aliphatic rings. The number of rotatable bonds is 9. The number of benzene rings is 2. The normalized spacial score (nSPS) is 10.5. The molecule has 0 spiro atoms. The van der Waals surface area contributed by atoms with E-state index in [-0.39, 0.29) is 18.3 Å². The van der Waals surface area contributed by atoms with E-state index < -0.39 is 0 Å². The zero-order chi connectivity index (χ0) is 21.5. The van der Waals surface area contributed by atoms with E-state index in [1.165, 1.54) is 12.7 Å². The van der Waals surface area contributed by atoms with Gasteiger partial charge in [0.05, 0.1) is 25.7 Å². The maximum atomic E-state index is 12.3. The van der Waals surface area contributed by atoms with E-state index in [2.05, 4.69) is 15.5 Å². The summed E-state index contributed by atoms with van der Waals surface area (Å²) in [4.78, 5) is 12.3. The molecular formula is C21H23N3O5S. The Kier molecular flexibility index (Phi) is 7.18. The van der Waals surface area contributed by atoms with Gasteiger partial charge >= 0.3 is 0 Å². The zero-order valence-corrected chi connectivity index (χ0v) is 18.0. The third-order valence-corrected chi connectivity index (χ3v) is 5.11. The quantitative estimate of drug-likeness (QED) is 0.510. The fourth-order valence-electron chi connectivity index (χ4n) is 2.53. The monoisotopic (exact) mass is 429 g/mol. The van der Waals surface area contributed by atoms with Gasteiger partial charge in [0, 0.05) is 6.07 Å². The third kappa shape index (κ3) is 5.66. The number of nitrogens with zero attached hydrogens (tertiary/aromatic N) is 2. The lowest BCUT2D eigenvalue weighted by atomic mass is 10.1. The number of thioether (sulfide) groups is 1. The van der Waals surface area contributed by atoms with Crippen LogP contribution in [0.25, 0.3) is 0 Å². The van der Waals surface area contributed by atoms with Crippen molar-refractivity contribution in [1.29, 1.82) is 0 Å². The summed E-state index contributed by atoms with van der Waals surface area (Å²) in [6.45, 7) is 4.22. The molecule has 0 atom stereocenters. The molecule has 1 N–H and O–H groups in total. The molecule has 0 unspecified atom stereocenters. The van der Waals surface area contributed by atoms with Gasteiger partial charge in [-0.3, -0.25) is 4.79 Å². The summed E-state index contributed by atoms with van der Waals surface area (Å²) in [6.07, 6.45) is 0. The molecular weight excluding hydrogens is 406 g/mol. The average molecular weight is 429 g/mol. The summed E-state index contributed by atoms with van der Waals surface area (Å²) in [6, 6.07) is 11.0. The molecule has 0 bridgehead atoms. The average Bonchev–Trinajstić information content (AvgIpc) is 3.21. The van der Waals surface area contributed by atoms with Gasteiger partial charge < -0.3 is 23.9 Å². The number of anilines is 1. The highest BCUT2D eigenvalue weighted by molar-refractivity contribution is 7.99. The van der Waals surface area contributed by atoms with Crippen molar-refractivity contribution in [2.75, 3.05) is 25.3 Å². The van der Waals surface area contributed by atoms with Crippen LogP contribution in [0.3, 0.4) is 0 Å². The number of carbonyl (C=O) groups excluding carboxylic acids is 1. The van der Waals surface area contributed by atoms with Gasteiger partial charge in [-0.1, -0.05) is 17.8 Å². The molecule has 1 heterocycles. The summed E-state index contributed by atoms with van der Waals surface area (Å²) < 4.78 is 21.7. The fourth-order valence-corrected chi connectivity index (χ4v) is 3.11. The minimum absolute atomic E-state index is 0.0972. The standard InChI is InChI=1S/C21H23N3O5S/c1-13-5-6-16(9-14(13)2)28-11-20-23-24-21(29-20)30-12-19(25)22-17-10-15(26-3)7-8-18(17)27-4/h5-10H,11-12H2,1-4H3,(H,22,25). The molecule has 0 radical (unpaired) electrons. The van der Waals surface area contributed by atoms with Crippen molar-refractivity contribution in [3.63, 3.8) is 0 Å². The van der Waals surface area contributed by atoms with Gasteiger partial charge in [-0.05, 0) is 49.2 Å². The maximum Gasteiger partial charge on any atom is 0.277 e. The van der Waals surface area contributed by atoms with Crippen molar-refractivity contribution >= 4 is 23.4 Å². The van der Waals surface area contributed by atoms with E-state index in [4.69, 9.17) is 18.6 Å². The highest BCUT2D eigenvalue weighted by Crippen LogP contribution is 2.29. The lowest BCUT2D eigenvalue weighted by Gasteiger charge is -2.11. The Bertz CT molecular complexity index is 1020. The number of carbonyl (C=O) groups is 1. The molecule has 9 heteroatoms. The number of nitrogens with one attached hydrogen (secondary N) is 1. The van der Waals surface area contributed by atoms with Crippen molar-refractivity contribution in [2.24, 2.45) is 0 Å². The van der Waals surface area contributed by atoms with E-state index in [0.29, 0.717) is 28.3 Å². The first-order chi connectivity index (χ1) is 14.5. The predicted octanol–water partition coefficient (Wildman–Crippen LogP) is 4.01. The molecule has 0 saturated carbocycles. The number of amides is 1. The van der Waals surface area contributed by atoms with Crippen LogP contribution in [-0.4, -0.2) is 36.1 Å². The van der Waals surface area contributed by atoms with Crippen molar-refractivity contribution in [2.45, 2.75) is 25.7 Å². The Balaban J connectivity index is 1.51. The molecule has 158 valence electrons. The number of aromatic nitrogens is 2. The van der Waals surface area contributed by atoms with Crippen LogP contribution >= 0.6 is 11.8 Å². The maximum absolute atomic E-state index is 12.3.